The molecule has 1 heterocycles. The highest BCUT2D eigenvalue weighted by molar-refractivity contribution is 7.17. The summed E-state index contributed by atoms with van der Waals surface area (Å²) in [5, 5.41) is 16.1. The maximum absolute atomic E-state index is 9.42. The van der Waals surface area contributed by atoms with Gasteiger partial charge < -0.3 is 4.90 Å². The van der Waals surface area contributed by atoms with E-state index in [2.05, 4.69) is 47.6 Å². The molecule has 0 aliphatic rings. The van der Waals surface area contributed by atoms with Gasteiger partial charge in [-0.25, -0.2) is 0 Å². The number of nitrogens with one attached hydrogen (secondary N) is 1. The summed E-state index contributed by atoms with van der Waals surface area (Å²) in [6, 6.07) is 10.4. The predicted octanol–water partition coefficient (Wildman–Crippen LogP) is 3.40. The van der Waals surface area contributed by atoms with Gasteiger partial charge >= 0.3 is 0 Å². The van der Waals surface area contributed by atoms with E-state index >= 15 is 0 Å². The molecule has 0 saturated carbocycles. The lowest BCUT2D eigenvalue weighted by Gasteiger charge is -2.19. The van der Waals surface area contributed by atoms with Crippen LogP contribution in [0.15, 0.2) is 29.6 Å². The molecule has 2 rings (SSSR count). The molecule has 20 heavy (non-hydrogen) atoms. The molecule has 1 aromatic carbocycles. The summed E-state index contributed by atoms with van der Waals surface area (Å²) in [5.41, 5.74) is 1.10. The van der Waals surface area contributed by atoms with Gasteiger partial charge in [-0.3, -0.25) is 5.32 Å². The van der Waals surface area contributed by atoms with E-state index in [4.69, 9.17) is 0 Å². The molecule has 1 unspecified atom stereocenters. The average molecular weight is 287 g/mol. The van der Waals surface area contributed by atoms with Gasteiger partial charge in [-0.15, -0.1) is 11.3 Å². The minimum atomic E-state index is -0.221. The highest BCUT2D eigenvalue weighted by Gasteiger charge is 2.14. The third-order valence-corrected chi connectivity index (χ3v) is 4.60. The number of hydrogen-bond acceptors (Lipinski definition) is 4. The standard InChI is InChI=1S/C16H21N3S/c1-3-19(4-2)10-9-18-15(11-17)14-12-20-16-8-6-5-7-13(14)16/h5-8,12,15,18H,3-4,9-10H2,1-2H3. The first-order chi connectivity index (χ1) is 9.80. The van der Waals surface area contributed by atoms with E-state index in [1.54, 1.807) is 11.3 Å². The molecular formula is C16H21N3S. The number of nitriles is 1. The Kier molecular flexibility index (Phi) is 5.54. The van der Waals surface area contributed by atoms with Gasteiger partial charge in [0, 0.05) is 23.4 Å². The van der Waals surface area contributed by atoms with E-state index < -0.39 is 0 Å². The predicted molar refractivity (Wildman–Crippen MR) is 86.0 cm³/mol. The first-order valence-electron chi connectivity index (χ1n) is 7.11. The van der Waals surface area contributed by atoms with Crippen molar-refractivity contribution in [2.75, 3.05) is 26.2 Å². The lowest BCUT2D eigenvalue weighted by atomic mass is 10.1. The first-order valence-corrected chi connectivity index (χ1v) is 7.99. The van der Waals surface area contributed by atoms with Gasteiger partial charge in [0.1, 0.15) is 6.04 Å². The Hall–Kier alpha value is -1.41. The molecule has 4 heteroatoms. The summed E-state index contributed by atoms with van der Waals surface area (Å²) in [7, 11) is 0. The van der Waals surface area contributed by atoms with Crippen molar-refractivity contribution in [3.8, 4) is 6.07 Å². The number of hydrogen-bond donors (Lipinski definition) is 1. The molecule has 0 fully saturated rings. The lowest BCUT2D eigenvalue weighted by molar-refractivity contribution is 0.300. The summed E-state index contributed by atoms with van der Waals surface area (Å²) in [5.74, 6) is 0. The third-order valence-electron chi connectivity index (χ3n) is 3.62. The van der Waals surface area contributed by atoms with Crippen LogP contribution in [-0.4, -0.2) is 31.1 Å². The van der Waals surface area contributed by atoms with Crippen LogP contribution in [0.3, 0.4) is 0 Å². The molecule has 1 N–H and O–H groups in total. The Morgan fingerprint density at radius 1 is 1.30 bits per heavy atom. The highest BCUT2D eigenvalue weighted by Crippen LogP contribution is 2.29. The van der Waals surface area contributed by atoms with Gasteiger partial charge in [-0.2, -0.15) is 5.26 Å². The van der Waals surface area contributed by atoms with Crippen LogP contribution in [0.1, 0.15) is 25.5 Å². The number of benzene rings is 1. The summed E-state index contributed by atoms with van der Waals surface area (Å²) in [4.78, 5) is 2.35. The van der Waals surface area contributed by atoms with Crippen molar-refractivity contribution in [1.29, 1.82) is 5.26 Å². The summed E-state index contributed by atoms with van der Waals surface area (Å²) in [6.07, 6.45) is 0. The number of thiophene rings is 1. The van der Waals surface area contributed by atoms with E-state index in [1.807, 2.05) is 12.1 Å². The summed E-state index contributed by atoms with van der Waals surface area (Å²) < 4.78 is 1.24. The molecule has 0 radical (unpaired) electrons. The minimum Gasteiger partial charge on any atom is -0.303 e. The van der Waals surface area contributed by atoms with Crippen molar-refractivity contribution in [3.63, 3.8) is 0 Å². The van der Waals surface area contributed by atoms with Crippen molar-refractivity contribution in [3.05, 3.63) is 35.2 Å². The molecular weight excluding hydrogens is 266 g/mol. The Morgan fingerprint density at radius 3 is 2.75 bits per heavy atom. The number of likely N-dealkylation sites (N-methyl/N-ethyl adjacent to an activating group) is 1. The minimum absolute atomic E-state index is 0.221. The van der Waals surface area contributed by atoms with Gasteiger partial charge in [0.2, 0.25) is 0 Å². The molecule has 0 aliphatic carbocycles. The zero-order valence-electron chi connectivity index (χ0n) is 12.1. The second-order valence-corrected chi connectivity index (χ2v) is 5.64. The van der Waals surface area contributed by atoms with Gasteiger partial charge in [0.15, 0.2) is 0 Å². The van der Waals surface area contributed by atoms with Gasteiger partial charge in [0.25, 0.3) is 0 Å². The van der Waals surface area contributed by atoms with Crippen LogP contribution >= 0.6 is 11.3 Å². The SMILES string of the molecule is CCN(CC)CCNC(C#N)c1csc2ccccc12. The molecule has 2 aromatic rings. The fourth-order valence-electron chi connectivity index (χ4n) is 2.35. The van der Waals surface area contributed by atoms with Gasteiger partial charge in [-0.1, -0.05) is 32.0 Å². The van der Waals surface area contributed by atoms with Crippen LogP contribution in [0.2, 0.25) is 0 Å². The van der Waals surface area contributed by atoms with Crippen LogP contribution in [0, 0.1) is 11.3 Å². The second kappa shape index (κ2) is 7.39. The second-order valence-electron chi connectivity index (χ2n) is 4.73. The Balaban J connectivity index is 2.04. The maximum Gasteiger partial charge on any atom is 0.122 e. The van der Waals surface area contributed by atoms with Crippen LogP contribution in [0.25, 0.3) is 10.1 Å². The largest absolute Gasteiger partial charge is 0.303 e. The van der Waals surface area contributed by atoms with E-state index in [9.17, 15) is 5.26 Å². The lowest BCUT2D eigenvalue weighted by Crippen LogP contribution is -2.33. The molecule has 1 aromatic heterocycles. The monoisotopic (exact) mass is 287 g/mol. The van der Waals surface area contributed by atoms with Crippen molar-refractivity contribution >= 4 is 21.4 Å². The van der Waals surface area contributed by atoms with Crippen LogP contribution < -0.4 is 5.32 Å². The first kappa shape index (κ1) is 15.0. The maximum atomic E-state index is 9.42. The Labute approximate surface area is 124 Å². The van der Waals surface area contributed by atoms with Crippen molar-refractivity contribution < 1.29 is 0 Å². The normalized spacial score (nSPS) is 12.7. The molecule has 0 aliphatic heterocycles. The van der Waals surface area contributed by atoms with Crippen molar-refractivity contribution in [2.45, 2.75) is 19.9 Å². The van der Waals surface area contributed by atoms with E-state index in [-0.39, 0.29) is 6.04 Å². The zero-order valence-corrected chi connectivity index (χ0v) is 12.9. The quantitative estimate of drug-likeness (QED) is 0.848. The molecule has 0 amide bonds. The summed E-state index contributed by atoms with van der Waals surface area (Å²) >= 11 is 1.70. The molecule has 0 bridgehead atoms. The number of rotatable bonds is 7. The molecule has 106 valence electrons. The van der Waals surface area contributed by atoms with E-state index in [0.29, 0.717) is 0 Å². The van der Waals surface area contributed by atoms with Crippen molar-refractivity contribution in [1.82, 2.24) is 10.2 Å². The Bertz CT molecular complexity index is 581. The molecule has 0 saturated heterocycles. The van der Waals surface area contributed by atoms with Gasteiger partial charge in [0.05, 0.1) is 6.07 Å². The molecule has 0 spiro atoms. The van der Waals surface area contributed by atoms with Crippen LogP contribution in [0.5, 0.6) is 0 Å². The van der Waals surface area contributed by atoms with E-state index in [1.165, 1.54) is 10.1 Å². The fraction of sp³-hybridized carbons (Fsp3) is 0.438. The number of nitrogens with zero attached hydrogens (tertiary/aromatic N) is 2. The number of fused-ring (bicyclic) bond motifs is 1. The third kappa shape index (κ3) is 3.37. The van der Waals surface area contributed by atoms with E-state index in [0.717, 1.165) is 31.7 Å². The fourth-order valence-corrected chi connectivity index (χ4v) is 3.34. The summed E-state index contributed by atoms with van der Waals surface area (Å²) in [6.45, 7) is 8.25. The Morgan fingerprint density at radius 2 is 2.05 bits per heavy atom. The topological polar surface area (TPSA) is 39.1 Å². The smallest absolute Gasteiger partial charge is 0.122 e. The van der Waals surface area contributed by atoms with Crippen molar-refractivity contribution in [2.24, 2.45) is 0 Å². The molecule has 1 atom stereocenters. The highest BCUT2D eigenvalue weighted by atomic mass is 32.1. The van der Waals surface area contributed by atoms with Crippen LogP contribution in [0.4, 0.5) is 0 Å². The molecule has 3 nitrogen and oxygen atoms in total. The average Bonchev–Trinajstić information content (AvgIpc) is 2.92. The van der Waals surface area contributed by atoms with Crippen LogP contribution in [-0.2, 0) is 0 Å². The zero-order chi connectivity index (χ0) is 14.4. The van der Waals surface area contributed by atoms with Gasteiger partial charge in [-0.05, 0) is 29.9 Å².